The van der Waals surface area contributed by atoms with E-state index < -0.39 is 0 Å². The van der Waals surface area contributed by atoms with Crippen molar-refractivity contribution in [3.8, 4) is 18.1 Å². The van der Waals surface area contributed by atoms with Crippen molar-refractivity contribution in [3.63, 3.8) is 0 Å². The first-order valence-corrected chi connectivity index (χ1v) is 11.6. The minimum absolute atomic E-state index is 0.0427. The number of anilines is 1. The van der Waals surface area contributed by atoms with Gasteiger partial charge in [0.2, 0.25) is 0 Å². The van der Waals surface area contributed by atoms with E-state index in [-0.39, 0.29) is 35.5 Å². The van der Waals surface area contributed by atoms with Crippen LogP contribution in [0.15, 0.2) is 53.9 Å². The lowest BCUT2D eigenvalue weighted by Gasteiger charge is -2.29. The van der Waals surface area contributed by atoms with Crippen molar-refractivity contribution in [1.82, 2.24) is 10.2 Å². The van der Waals surface area contributed by atoms with Gasteiger partial charge in [0, 0.05) is 31.2 Å². The Morgan fingerprint density at radius 1 is 1.21 bits per heavy atom. The second-order valence-electron chi connectivity index (χ2n) is 8.06. The number of para-hydroxylation sites is 1. The summed E-state index contributed by atoms with van der Waals surface area (Å²) in [7, 11) is 3.23. The number of carbonyl (C=O) groups is 2. The molecule has 180 valence electrons. The number of allylic oxidation sites excluding steroid dienone is 2. The molecule has 1 amide bonds. The van der Waals surface area contributed by atoms with Crippen LogP contribution >= 0.6 is 11.6 Å². The van der Waals surface area contributed by atoms with Crippen LogP contribution in [0.4, 0.5) is 5.69 Å². The standard InChI is InChI=1S/C22H24ClN3O3.C5H8/c1-4-16(13-8-5-6-10-15(13)23)24-18-12-19(27)20(18)25-17-11-7-9-14(21(17)28)22(29)26(2)3;1-3-5-4-2/h5-11,16,24-25,28H,4,12H2,1-3H3;1H,4-5H2,2H3. The van der Waals surface area contributed by atoms with Gasteiger partial charge in [0.1, 0.15) is 5.70 Å². The van der Waals surface area contributed by atoms with Crippen molar-refractivity contribution in [2.45, 2.75) is 45.6 Å². The Morgan fingerprint density at radius 3 is 2.44 bits per heavy atom. The van der Waals surface area contributed by atoms with E-state index in [0.717, 1.165) is 30.5 Å². The number of unbranched alkanes of at least 4 members (excludes halogenated alkanes) is 1. The highest BCUT2D eigenvalue weighted by Crippen LogP contribution is 2.34. The van der Waals surface area contributed by atoms with Crippen LogP contribution in [0.1, 0.15) is 61.5 Å². The average Bonchev–Trinajstić information content (AvgIpc) is 2.82. The highest BCUT2D eigenvalue weighted by atomic mass is 35.5. The van der Waals surface area contributed by atoms with Crippen molar-refractivity contribution >= 4 is 29.0 Å². The highest BCUT2D eigenvalue weighted by molar-refractivity contribution is 6.31. The molecular formula is C27H32ClN3O3. The highest BCUT2D eigenvalue weighted by Gasteiger charge is 2.30. The molecule has 1 aliphatic carbocycles. The number of phenolic OH excluding ortho intramolecular Hbond substituents is 1. The van der Waals surface area contributed by atoms with E-state index in [2.05, 4.69) is 23.5 Å². The monoisotopic (exact) mass is 481 g/mol. The number of benzene rings is 2. The SMILES string of the molecule is C#CCCC.CCC(NC1=C(Nc2cccc(C(=O)N(C)C)c2O)C(=O)C1)c1ccccc1Cl. The van der Waals surface area contributed by atoms with Crippen molar-refractivity contribution in [1.29, 1.82) is 0 Å². The van der Waals surface area contributed by atoms with Gasteiger partial charge in [-0.1, -0.05) is 49.7 Å². The summed E-state index contributed by atoms with van der Waals surface area (Å²) in [4.78, 5) is 25.8. The number of amides is 1. The van der Waals surface area contributed by atoms with Gasteiger partial charge in [-0.15, -0.1) is 12.3 Å². The molecule has 0 spiro atoms. The van der Waals surface area contributed by atoms with Crippen LogP contribution in [-0.4, -0.2) is 35.8 Å². The molecule has 0 radical (unpaired) electrons. The molecule has 2 aromatic rings. The molecule has 0 bridgehead atoms. The zero-order valence-corrected chi connectivity index (χ0v) is 20.9. The Balaban J connectivity index is 0.000000739. The van der Waals surface area contributed by atoms with Crippen LogP contribution in [0, 0.1) is 12.3 Å². The van der Waals surface area contributed by atoms with E-state index in [1.54, 1.807) is 32.3 Å². The van der Waals surface area contributed by atoms with Gasteiger partial charge in [-0.3, -0.25) is 9.59 Å². The zero-order valence-electron chi connectivity index (χ0n) is 20.1. The summed E-state index contributed by atoms with van der Waals surface area (Å²) < 4.78 is 0. The smallest absolute Gasteiger partial charge is 0.257 e. The lowest BCUT2D eigenvalue weighted by atomic mass is 9.95. The molecule has 2 aromatic carbocycles. The quantitative estimate of drug-likeness (QED) is 0.342. The zero-order chi connectivity index (χ0) is 25.3. The number of nitrogens with one attached hydrogen (secondary N) is 2. The third-order valence-electron chi connectivity index (χ3n) is 5.28. The van der Waals surface area contributed by atoms with Gasteiger partial charge in [0.25, 0.3) is 5.91 Å². The molecule has 7 heteroatoms. The number of terminal acetylenes is 1. The van der Waals surface area contributed by atoms with Gasteiger partial charge in [0.05, 0.1) is 23.7 Å². The number of ketones is 1. The van der Waals surface area contributed by atoms with Crippen LogP contribution in [0.2, 0.25) is 5.02 Å². The Hall–Kier alpha value is -3.43. The van der Waals surface area contributed by atoms with Gasteiger partial charge in [-0.25, -0.2) is 0 Å². The maximum absolute atomic E-state index is 12.2. The van der Waals surface area contributed by atoms with Crippen LogP contribution in [0.25, 0.3) is 0 Å². The molecule has 6 nitrogen and oxygen atoms in total. The number of carbonyl (C=O) groups excluding carboxylic acids is 2. The molecular weight excluding hydrogens is 450 g/mol. The fourth-order valence-corrected chi connectivity index (χ4v) is 3.64. The normalized spacial score (nSPS) is 13.1. The van der Waals surface area contributed by atoms with Crippen molar-refractivity contribution < 1.29 is 14.7 Å². The lowest BCUT2D eigenvalue weighted by molar-refractivity contribution is -0.116. The number of halogens is 1. The summed E-state index contributed by atoms with van der Waals surface area (Å²) in [6.07, 6.45) is 7.98. The first-order chi connectivity index (χ1) is 16.2. The maximum Gasteiger partial charge on any atom is 0.257 e. The van der Waals surface area contributed by atoms with Gasteiger partial charge in [-0.05, 0) is 36.6 Å². The largest absolute Gasteiger partial charge is 0.505 e. The fraction of sp³-hybridized carbons (Fsp3) is 0.333. The molecule has 0 saturated heterocycles. The Kier molecular flexibility index (Phi) is 10.0. The number of phenols is 1. The summed E-state index contributed by atoms with van der Waals surface area (Å²) in [5.74, 6) is 1.95. The van der Waals surface area contributed by atoms with Crippen molar-refractivity contribution in [2.24, 2.45) is 0 Å². The van der Waals surface area contributed by atoms with Crippen molar-refractivity contribution in [2.75, 3.05) is 19.4 Å². The lowest BCUT2D eigenvalue weighted by Crippen LogP contribution is -2.34. The summed E-state index contributed by atoms with van der Waals surface area (Å²) in [5.41, 5.74) is 2.59. The second-order valence-corrected chi connectivity index (χ2v) is 8.47. The van der Waals surface area contributed by atoms with Gasteiger partial charge >= 0.3 is 0 Å². The average molecular weight is 482 g/mol. The number of hydrogen-bond donors (Lipinski definition) is 3. The van der Waals surface area contributed by atoms with Crippen LogP contribution < -0.4 is 10.6 Å². The molecule has 1 atom stereocenters. The van der Waals surface area contributed by atoms with Crippen molar-refractivity contribution in [3.05, 3.63) is 70.0 Å². The third-order valence-corrected chi connectivity index (χ3v) is 5.63. The van der Waals surface area contributed by atoms with E-state index >= 15 is 0 Å². The molecule has 1 unspecified atom stereocenters. The number of aromatic hydroxyl groups is 1. The predicted molar refractivity (Wildman–Crippen MR) is 138 cm³/mol. The summed E-state index contributed by atoms with van der Waals surface area (Å²) in [6, 6.07) is 12.4. The van der Waals surface area contributed by atoms with Crippen LogP contribution in [-0.2, 0) is 4.79 Å². The van der Waals surface area contributed by atoms with E-state index in [0.29, 0.717) is 16.4 Å². The number of hydrogen-bond acceptors (Lipinski definition) is 5. The first kappa shape index (κ1) is 26.8. The summed E-state index contributed by atoms with van der Waals surface area (Å²) in [6.45, 7) is 4.11. The van der Waals surface area contributed by atoms with Gasteiger partial charge in [-0.2, -0.15) is 0 Å². The van der Waals surface area contributed by atoms with Gasteiger partial charge in [0.15, 0.2) is 11.5 Å². The minimum atomic E-state index is -0.316. The summed E-state index contributed by atoms with van der Waals surface area (Å²) in [5, 5.41) is 17.6. The number of rotatable bonds is 8. The van der Waals surface area contributed by atoms with Crippen LogP contribution in [0.3, 0.4) is 0 Å². The molecule has 3 N–H and O–H groups in total. The van der Waals surface area contributed by atoms with E-state index in [1.807, 2.05) is 31.2 Å². The molecule has 0 aliphatic heterocycles. The topological polar surface area (TPSA) is 81.7 Å². The summed E-state index contributed by atoms with van der Waals surface area (Å²) >= 11 is 6.32. The minimum Gasteiger partial charge on any atom is -0.505 e. The maximum atomic E-state index is 12.2. The molecule has 1 aliphatic rings. The second kappa shape index (κ2) is 12.7. The Labute approximate surface area is 207 Å². The first-order valence-electron chi connectivity index (χ1n) is 11.3. The number of Topliss-reactive ketones (excluding diaryl/α,β-unsaturated/α-hetero) is 1. The predicted octanol–water partition coefficient (Wildman–Crippen LogP) is 5.50. The molecule has 0 saturated carbocycles. The van der Waals surface area contributed by atoms with Crippen LogP contribution in [0.5, 0.6) is 5.75 Å². The molecule has 0 heterocycles. The molecule has 3 rings (SSSR count). The molecule has 0 fully saturated rings. The molecule has 0 aromatic heterocycles. The molecule has 34 heavy (non-hydrogen) atoms. The fourth-order valence-electron chi connectivity index (χ4n) is 3.37. The Bertz CT molecular complexity index is 1100. The van der Waals surface area contributed by atoms with E-state index in [4.69, 9.17) is 18.0 Å². The third kappa shape index (κ3) is 6.55. The van der Waals surface area contributed by atoms with E-state index in [1.165, 1.54) is 4.90 Å². The Morgan fingerprint density at radius 2 is 1.91 bits per heavy atom. The van der Waals surface area contributed by atoms with Gasteiger partial charge < -0.3 is 20.6 Å². The number of nitrogens with zero attached hydrogens (tertiary/aromatic N) is 1. The van der Waals surface area contributed by atoms with E-state index in [9.17, 15) is 14.7 Å².